The van der Waals surface area contributed by atoms with Crippen molar-refractivity contribution in [3.05, 3.63) is 97.7 Å². The van der Waals surface area contributed by atoms with E-state index in [2.05, 4.69) is 10.3 Å². The van der Waals surface area contributed by atoms with Crippen molar-refractivity contribution in [3.63, 3.8) is 0 Å². The van der Waals surface area contributed by atoms with Gasteiger partial charge in [-0.05, 0) is 17.7 Å². The van der Waals surface area contributed by atoms with E-state index in [4.69, 9.17) is 23.2 Å². The summed E-state index contributed by atoms with van der Waals surface area (Å²) in [6.07, 6.45) is 4.96. The van der Waals surface area contributed by atoms with Gasteiger partial charge in [-0.15, -0.1) is 0 Å². The van der Waals surface area contributed by atoms with Crippen molar-refractivity contribution in [2.45, 2.75) is 6.54 Å². The van der Waals surface area contributed by atoms with Crippen molar-refractivity contribution in [3.8, 4) is 0 Å². The zero-order chi connectivity index (χ0) is 23.7. The van der Waals surface area contributed by atoms with E-state index in [0.717, 1.165) is 12.4 Å². The van der Waals surface area contributed by atoms with Crippen LogP contribution in [0, 0.1) is 15.3 Å². The first-order valence-corrected chi connectivity index (χ1v) is 10.1. The standard InChI is InChI=1S/C21H13Cl2N5O5/c22-16-10-27(31)11-17(23)18(16)25-21(30)19(29)15-9-26(20-14(15)5-2-6-24-20)8-12-3-1-4-13(7-12)28(32)33/h1-7,9-11H,8H2,(H,25,30). The van der Waals surface area contributed by atoms with Crippen LogP contribution in [-0.4, -0.2) is 26.2 Å². The topological polar surface area (TPSA) is 134 Å². The molecule has 0 aliphatic rings. The van der Waals surface area contributed by atoms with Crippen LogP contribution < -0.4 is 10.0 Å². The third-order valence-corrected chi connectivity index (χ3v) is 5.33. The first kappa shape index (κ1) is 22.2. The summed E-state index contributed by atoms with van der Waals surface area (Å²) in [5.74, 6) is -1.89. The molecule has 0 spiro atoms. The third-order valence-electron chi connectivity index (χ3n) is 4.76. The fraction of sp³-hybridized carbons (Fsp3) is 0.0476. The van der Waals surface area contributed by atoms with Crippen LogP contribution in [0.2, 0.25) is 10.0 Å². The smallest absolute Gasteiger partial charge is 0.296 e. The lowest BCUT2D eigenvalue weighted by Crippen LogP contribution is -2.27. The molecule has 1 N–H and O–H groups in total. The highest BCUT2D eigenvalue weighted by molar-refractivity contribution is 6.50. The molecule has 0 saturated heterocycles. The second-order valence-electron chi connectivity index (χ2n) is 6.94. The van der Waals surface area contributed by atoms with Crippen LogP contribution in [-0.2, 0) is 11.3 Å². The predicted octanol–water partition coefficient (Wildman–Crippen LogP) is 3.75. The molecule has 0 fully saturated rings. The van der Waals surface area contributed by atoms with Gasteiger partial charge >= 0.3 is 0 Å². The van der Waals surface area contributed by atoms with Crippen LogP contribution in [0.15, 0.2) is 61.2 Å². The van der Waals surface area contributed by atoms with Gasteiger partial charge in [0, 0.05) is 36.5 Å². The number of carbonyl (C=O) groups excluding carboxylic acids is 2. The van der Waals surface area contributed by atoms with Crippen molar-refractivity contribution in [1.82, 2.24) is 9.55 Å². The Bertz CT molecular complexity index is 1410. The Labute approximate surface area is 195 Å². The number of hydrogen-bond donors (Lipinski definition) is 1. The number of halogens is 2. The third kappa shape index (κ3) is 4.47. The molecule has 4 aromatic rings. The average molecular weight is 486 g/mol. The maximum absolute atomic E-state index is 13.0. The zero-order valence-corrected chi connectivity index (χ0v) is 18.1. The molecule has 0 radical (unpaired) electrons. The minimum absolute atomic E-state index is 0.0661. The number of nitro groups is 1. The molecule has 12 heteroatoms. The van der Waals surface area contributed by atoms with E-state index in [1.165, 1.54) is 24.5 Å². The lowest BCUT2D eigenvalue weighted by Gasteiger charge is -2.08. The summed E-state index contributed by atoms with van der Waals surface area (Å²) in [6.45, 7) is 0.184. The number of hydrogen-bond acceptors (Lipinski definition) is 6. The highest BCUT2D eigenvalue weighted by Gasteiger charge is 2.24. The summed E-state index contributed by atoms with van der Waals surface area (Å²) < 4.78 is 1.99. The number of pyridine rings is 2. The number of non-ortho nitro benzene ring substituents is 1. The van der Waals surface area contributed by atoms with E-state index in [-0.39, 0.29) is 33.5 Å². The van der Waals surface area contributed by atoms with Crippen LogP contribution in [0.3, 0.4) is 0 Å². The number of fused-ring (bicyclic) bond motifs is 1. The minimum Gasteiger partial charge on any atom is -0.619 e. The van der Waals surface area contributed by atoms with E-state index >= 15 is 0 Å². The molecule has 0 bridgehead atoms. The van der Waals surface area contributed by atoms with Gasteiger partial charge in [0.2, 0.25) is 12.4 Å². The molecule has 3 heterocycles. The van der Waals surface area contributed by atoms with E-state index in [1.807, 2.05) is 0 Å². The highest BCUT2D eigenvalue weighted by Crippen LogP contribution is 2.29. The van der Waals surface area contributed by atoms with Gasteiger partial charge < -0.3 is 15.1 Å². The van der Waals surface area contributed by atoms with Crippen LogP contribution in [0.5, 0.6) is 0 Å². The largest absolute Gasteiger partial charge is 0.619 e. The van der Waals surface area contributed by atoms with Gasteiger partial charge in [0.1, 0.15) is 15.7 Å². The molecule has 4 rings (SSSR count). The zero-order valence-electron chi connectivity index (χ0n) is 16.6. The van der Waals surface area contributed by atoms with E-state index in [9.17, 15) is 24.9 Å². The number of nitro benzene ring substituents is 1. The van der Waals surface area contributed by atoms with Crippen LogP contribution in [0.25, 0.3) is 11.0 Å². The van der Waals surface area contributed by atoms with E-state index in [1.54, 1.807) is 28.8 Å². The summed E-state index contributed by atoms with van der Waals surface area (Å²) in [4.78, 5) is 40.5. The van der Waals surface area contributed by atoms with Crippen molar-refractivity contribution < 1.29 is 19.2 Å². The second-order valence-corrected chi connectivity index (χ2v) is 7.76. The van der Waals surface area contributed by atoms with Gasteiger partial charge in [-0.3, -0.25) is 19.7 Å². The van der Waals surface area contributed by atoms with Gasteiger partial charge in [0.25, 0.3) is 17.4 Å². The van der Waals surface area contributed by atoms with Crippen LogP contribution in [0.4, 0.5) is 11.4 Å². The van der Waals surface area contributed by atoms with Crippen molar-refractivity contribution in [2.75, 3.05) is 5.32 Å². The van der Waals surface area contributed by atoms with Crippen molar-refractivity contribution >= 4 is 57.3 Å². The predicted molar refractivity (Wildman–Crippen MR) is 120 cm³/mol. The van der Waals surface area contributed by atoms with Gasteiger partial charge in [-0.1, -0.05) is 35.3 Å². The van der Waals surface area contributed by atoms with Crippen molar-refractivity contribution in [1.29, 1.82) is 0 Å². The SMILES string of the molecule is O=C(Nc1c(Cl)c[n+]([O-])cc1Cl)C(=O)c1cn(Cc2cccc([N+](=O)[O-])c2)c2ncccc12. The Hall–Kier alpha value is -4.02. The molecule has 0 aliphatic carbocycles. The Kier molecular flexibility index (Phi) is 5.95. The molecule has 166 valence electrons. The van der Waals surface area contributed by atoms with E-state index < -0.39 is 16.6 Å². The fourth-order valence-corrected chi connectivity index (χ4v) is 3.84. The molecule has 1 amide bonds. The number of amides is 1. The molecule has 10 nitrogen and oxygen atoms in total. The molecular formula is C21H13Cl2N5O5. The quantitative estimate of drug-likeness (QED) is 0.110. The molecule has 3 aromatic heterocycles. The lowest BCUT2D eigenvalue weighted by atomic mass is 10.1. The summed E-state index contributed by atoms with van der Waals surface area (Å²) in [5.41, 5.74) is 0.973. The van der Waals surface area contributed by atoms with Gasteiger partial charge in [-0.2, -0.15) is 4.73 Å². The maximum atomic E-state index is 13.0. The normalized spacial score (nSPS) is 10.8. The molecule has 0 saturated carbocycles. The van der Waals surface area contributed by atoms with Crippen LogP contribution >= 0.6 is 23.2 Å². The van der Waals surface area contributed by atoms with Crippen LogP contribution in [0.1, 0.15) is 15.9 Å². The first-order valence-electron chi connectivity index (χ1n) is 9.35. The molecule has 0 unspecified atom stereocenters. The number of aromatic nitrogens is 3. The number of nitrogens with zero attached hydrogens (tertiary/aromatic N) is 4. The minimum atomic E-state index is -1.01. The number of anilines is 1. The number of nitrogens with one attached hydrogen (secondary N) is 1. The van der Waals surface area contributed by atoms with Gasteiger partial charge in [0.05, 0.1) is 16.2 Å². The fourth-order valence-electron chi connectivity index (χ4n) is 3.31. The number of benzene rings is 1. The highest BCUT2D eigenvalue weighted by atomic mass is 35.5. The van der Waals surface area contributed by atoms with E-state index in [0.29, 0.717) is 21.3 Å². The molecule has 1 aromatic carbocycles. The second kappa shape index (κ2) is 8.85. The summed E-state index contributed by atoms with van der Waals surface area (Å²) in [5, 5.41) is 24.9. The summed E-state index contributed by atoms with van der Waals surface area (Å²) >= 11 is 11.9. The Morgan fingerprint density at radius 1 is 1.15 bits per heavy atom. The molecule has 0 atom stereocenters. The maximum Gasteiger partial charge on any atom is 0.296 e. The molecule has 33 heavy (non-hydrogen) atoms. The Balaban J connectivity index is 1.67. The van der Waals surface area contributed by atoms with Crippen molar-refractivity contribution in [2.24, 2.45) is 0 Å². The number of rotatable bonds is 6. The molecule has 0 aliphatic heterocycles. The molecular weight excluding hydrogens is 473 g/mol. The van der Waals surface area contributed by atoms with Gasteiger partial charge in [-0.25, -0.2) is 4.98 Å². The monoisotopic (exact) mass is 485 g/mol. The Morgan fingerprint density at radius 3 is 2.58 bits per heavy atom. The first-order chi connectivity index (χ1) is 15.7. The number of Topliss-reactive ketones (excluding diaryl/α,β-unsaturated/α-hetero) is 1. The number of carbonyl (C=O) groups is 2. The lowest BCUT2D eigenvalue weighted by molar-refractivity contribution is -0.605. The Morgan fingerprint density at radius 2 is 1.88 bits per heavy atom. The average Bonchev–Trinajstić information content (AvgIpc) is 3.14. The summed E-state index contributed by atoms with van der Waals surface area (Å²) in [7, 11) is 0. The summed E-state index contributed by atoms with van der Waals surface area (Å²) in [6, 6.07) is 9.32. The number of ketones is 1. The van der Waals surface area contributed by atoms with Gasteiger partial charge in [0.15, 0.2) is 0 Å².